The van der Waals surface area contributed by atoms with Crippen LogP contribution < -0.4 is 10.1 Å². The Hall–Kier alpha value is -2.13. The summed E-state index contributed by atoms with van der Waals surface area (Å²) in [7, 11) is 0. The molecule has 0 heterocycles. The molecule has 0 radical (unpaired) electrons. The standard InChI is InChI=1S/C20H25NO2/c1-16(2)20(3,15-22)21-13-17-9-11-19(12-10-17)23-14-18-7-5-4-6-8-18/h4-12,15-16,21H,13-14H2,1-3H3/t20-/m0/s1. The fourth-order valence-electron chi connectivity index (χ4n) is 2.12. The number of carbonyl (C=O) groups excluding carboxylic acids is 1. The van der Waals surface area contributed by atoms with Crippen molar-refractivity contribution in [3.63, 3.8) is 0 Å². The molecule has 2 aromatic carbocycles. The van der Waals surface area contributed by atoms with Gasteiger partial charge < -0.3 is 14.8 Å². The third-order valence-corrected chi connectivity index (χ3v) is 4.29. The normalized spacial score (nSPS) is 13.6. The lowest BCUT2D eigenvalue weighted by Crippen LogP contribution is -2.47. The van der Waals surface area contributed by atoms with E-state index in [9.17, 15) is 4.79 Å². The van der Waals surface area contributed by atoms with Crippen molar-refractivity contribution in [3.8, 4) is 5.75 Å². The fraction of sp³-hybridized carbons (Fsp3) is 0.350. The molecule has 3 nitrogen and oxygen atoms in total. The molecule has 0 aliphatic carbocycles. The Morgan fingerprint density at radius 3 is 2.26 bits per heavy atom. The van der Waals surface area contributed by atoms with E-state index in [2.05, 4.69) is 5.32 Å². The molecular formula is C20H25NO2. The average Bonchev–Trinajstić information content (AvgIpc) is 2.59. The second-order valence-electron chi connectivity index (χ2n) is 6.33. The zero-order valence-electron chi connectivity index (χ0n) is 14.1. The van der Waals surface area contributed by atoms with E-state index >= 15 is 0 Å². The molecule has 0 saturated heterocycles. The number of nitrogens with one attached hydrogen (secondary N) is 1. The molecule has 2 aromatic rings. The number of aldehydes is 1. The monoisotopic (exact) mass is 311 g/mol. The summed E-state index contributed by atoms with van der Waals surface area (Å²) in [6.45, 7) is 7.24. The highest BCUT2D eigenvalue weighted by Crippen LogP contribution is 2.17. The predicted molar refractivity (Wildman–Crippen MR) is 93.4 cm³/mol. The molecule has 0 saturated carbocycles. The lowest BCUT2D eigenvalue weighted by atomic mass is 9.90. The summed E-state index contributed by atoms with van der Waals surface area (Å²) in [5, 5.41) is 3.33. The number of ether oxygens (including phenoxy) is 1. The summed E-state index contributed by atoms with van der Waals surface area (Å²) >= 11 is 0. The Bertz CT molecular complexity index is 607. The van der Waals surface area contributed by atoms with Crippen LogP contribution in [0, 0.1) is 5.92 Å². The molecule has 0 amide bonds. The third-order valence-electron chi connectivity index (χ3n) is 4.29. The predicted octanol–water partition coefficient (Wildman–Crippen LogP) is 3.97. The molecule has 0 spiro atoms. The summed E-state index contributed by atoms with van der Waals surface area (Å²) in [5.74, 6) is 1.09. The minimum atomic E-state index is -0.498. The largest absolute Gasteiger partial charge is 0.489 e. The van der Waals surface area contributed by atoms with Crippen LogP contribution >= 0.6 is 0 Å². The first-order valence-corrected chi connectivity index (χ1v) is 8.00. The molecule has 3 heteroatoms. The van der Waals surface area contributed by atoms with Crippen molar-refractivity contribution in [1.82, 2.24) is 5.32 Å². The number of hydrogen-bond acceptors (Lipinski definition) is 3. The highest BCUT2D eigenvalue weighted by atomic mass is 16.5. The van der Waals surface area contributed by atoms with Crippen molar-refractivity contribution in [2.45, 2.75) is 39.5 Å². The van der Waals surface area contributed by atoms with Gasteiger partial charge in [0.1, 0.15) is 18.6 Å². The van der Waals surface area contributed by atoms with E-state index in [4.69, 9.17) is 4.74 Å². The molecule has 122 valence electrons. The minimum absolute atomic E-state index is 0.244. The first kappa shape index (κ1) is 17.2. The maximum Gasteiger partial charge on any atom is 0.140 e. The van der Waals surface area contributed by atoms with E-state index in [0.29, 0.717) is 13.2 Å². The van der Waals surface area contributed by atoms with Crippen LogP contribution in [0.2, 0.25) is 0 Å². The van der Waals surface area contributed by atoms with Gasteiger partial charge in [0, 0.05) is 6.54 Å². The first-order valence-electron chi connectivity index (χ1n) is 8.00. The molecule has 1 atom stereocenters. The van der Waals surface area contributed by atoms with Crippen LogP contribution in [0.15, 0.2) is 54.6 Å². The molecular weight excluding hydrogens is 286 g/mol. The van der Waals surface area contributed by atoms with Crippen LogP contribution in [0.1, 0.15) is 31.9 Å². The zero-order valence-corrected chi connectivity index (χ0v) is 14.1. The highest BCUT2D eigenvalue weighted by Gasteiger charge is 2.26. The SMILES string of the molecule is CC(C)[C@](C)(C=O)NCc1ccc(OCc2ccccc2)cc1. The van der Waals surface area contributed by atoms with Gasteiger partial charge in [-0.05, 0) is 36.1 Å². The summed E-state index contributed by atoms with van der Waals surface area (Å²) in [4.78, 5) is 11.3. The van der Waals surface area contributed by atoms with Gasteiger partial charge in [0.25, 0.3) is 0 Å². The first-order chi connectivity index (χ1) is 11.0. The van der Waals surface area contributed by atoms with Gasteiger partial charge in [-0.2, -0.15) is 0 Å². The van der Waals surface area contributed by atoms with Crippen LogP contribution in [0.25, 0.3) is 0 Å². The van der Waals surface area contributed by atoms with E-state index in [0.717, 1.165) is 23.2 Å². The van der Waals surface area contributed by atoms with Crippen molar-refractivity contribution >= 4 is 6.29 Å². The van der Waals surface area contributed by atoms with Crippen molar-refractivity contribution in [2.24, 2.45) is 5.92 Å². The molecule has 0 aliphatic rings. The van der Waals surface area contributed by atoms with Gasteiger partial charge in [0.15, 0.2) is 0 Å². The Morgan fingerprint density at radius 2 is 1.70 bits per heavy atom. The third kappa shape index (κ3) is 4.93. The number of benzene rings is 2. The van der Waals surface area contributed by atoms with Crippen LogP contribution in [-0.4, -0.2) is 11.8 Å². The smallest absolute Gasteiger partial charge is 0.140 e. The number of hydrogen-bond donors (Lipinski definition) is 1. The Kier molecular flexibility index (Phi) is 5.94. The van der Waals surface area contributed by atoms with Gasteiger partial charge in [-0.3, -0.25) is 0 Å². The van der Waals surface area contributed by atoms with Gasteiger partial charge in [0.05, 0.1) is 5.54 Å². The minimum Gasteiger partial charge on any atom is -0.489 e. The Morgan fingerprint density at radius 1 is 1.04 bits per heavy atom. The van der Waals surface area contributed by atoms with E-state index in [-0.39, 0.29) is 5.92 Å². The fourth-order valence-corrected chi connectivity index (χ4v) is 2.12. The van der Waals surface area contributed by atoms with Crippen molar-refractivity contribution in [2.75, 3.05) is 0 Å². The van der Waals surface area contributed by atoms with Gasteiger partial charge >= 0.3 is 0 Å². The van der Waals surface area contributed by atoms with Crippen LogP contribution in [0.4, 0.5) is 0 Å². The molecule has 0 fully saturated rings. The molecule has 23 heavy (non-hydrogen) atoms. The zero-order chi connectivity index (χ0) is 16.7. The topological polar surface area (TPSA) is 38.3 Å². The van der Waals surface area contributed by atoms with Gasteiger partial charge in [0.2, 0.25) is 0 Å². The quantitative estimate of drug-likeness (QED) is 0.750. The van der Waals surface area contributed by atoms with Gasteiger partial charge in [-0.1, -0.05) is 56.3 Å². The molecule has 2 rings (SSSR count). The summed E-state index contributed by atoms with van der Waals surface area (Å²) in [5.41, 5.74) is 1.78. The van der Waals surface area contributed by atoms with Crippen LogP contribution in [0.3, 0.4) is 0 Å². The average molecular weight is 311 g/mol. The Balaban J connectivity index is 1.88. The maximum absolute atomic E-state index is 11.3. The lowest BCUT2D eigenvalue weighted by molar-refractivity contribution is -0.114. The summed E-state index contributed by atoms with van der Waals surface area (Å²) < 4.78 is 5.78. The maximum atomic E-state index is 11.3. The molecule has 0 unspecified atom stereocenters. The highest BCUT2D eigenvalue weighted by molar-refractivity contribution is 5.63. The van der Waals surface area contributed by atoms with E-state index < -0.39 is 5.54 Å². The van der Waals surface area contributed by atoms with Gasteiger partial charge in [-0.15, -0.1) is 0 Å². The van der Waals surface area contributed by atoms with Crippen molar-refractivity contribution < 1.29 is 9.53 Å². The summed E-state index contributed by atoms with van der Waals surface area (Å²) in [6, 6.07) is 18.1. The second-order valence-corrected chi connectivity index (χ2v) is 6.33. The van der Waals surface area contributed by atoms with Gasteiger partial charge in [-0.25, -0.2) is 0 Å². The van der Waals surface area contributed by atoms with Crippen molar-refractivity contribution in [1.29, 1.82) is 0 Å². The van der Waals surface area contributed by atoms with Crippen LogP contribution in [0.5, 0.6) is 5.75 Å². The molecule has 1 N–H and O–H groups in total. The van der Waals surface area contributed by atoms with E-state index in [1.807, 2.05) is 75.4 Å². The van der Waals surface area contributed by atoms with E-state index in [1.165, 1.54) is 0 Å². The lowest BCUT2D eigenvalue weighted by Gasteiger charge is -2.29. The Labute approximate surface area is 138 Å². The van der Waals surface area contributed by atoms with E-state index in [1.54, 1.807) is 0 Å². The van der Waals surface area contributed by atoms with Crippen molar-refractivity contribution in [3.05, 3.63) is 65.7 Å². The molecule has 0 aromatic heterocycles. The second kappa shape index (κ2) is 7.93. The summed E-state index contributed by atoms with van der Waals surface area (Å²) in [6.07, 6.45) is 0.995. The number of rotatable bonds is 8. The molecule has 0 aliphatic heterocycles. The number of carbonyl (C=O) groups is 1. The molecule has 0 bridgehead atoms. The van der Waals surface area contributed by atoms with Crippen LogP contribution in [-0.2, 0) is 17.9 Å².